The van der Waals surface area contributed by atoms with Crippen molar-refractivity contribution >= 4 is 11.8 Å². The molecule has 1 aliphatic carbocycles. The van der Waals surface area contributed by atoms with Gasteiger partial charge in [0.05, 0.1) is 22.9 Å². The lowest BCUT2D eigenvalue weighted by molar-refractivity contribution is -0.141. The Kier molecular flexibility index (Phi) is 4.21. The van der Waals surface area contributed by atoms with Crippen LogP contribution in [0.15, 0.2) is 36.4 Å². The molecular formula is C19H12F3N3O3. The fraction of sp³-hybridized carbons (Fsp3) is 0.158. The minimum Gasteiger partial charge on any atom is -0.481 e. The molecule has 9 heteroatoms. The number of Topliss-reactive ketones (excluding diaryl/α,β-unsaturated/α-hetero) is 1. The van der Waals surface area contributed by atoms with E-state index in [0.717, 1.165) is 22.9 Å². The van der Waals surface area contributed by atoms with Gasteiger partial charge >= 0.3 is 5.97 Å². The summed E-state index contributed by atoms with van der Waals surface area (Å²) in [6.07, 6.45) is -0.266. The van der Waals surface area contributed by atoms with Crippen LogP contribution in [-0.4, -0.2) is 31.9 Å². The van der Waals surface area contributed by atoms with Gasteiger partial charge < -0.3 is 5.11 Å². The van der Waals surface area contributed by atoms with Crippen LogP contribution in [-0.2, 0) is 11.2 Å². The SMILES string of the molecule is O=C1CC(C(=O)O)Cc2c1nnn2-c1cc(F)c(-c2ccccc2F)c(F)c1. The molecule has 0 bridgehead atoms. The molecule has 0 aliphatic heterocycles. The molecule has 0 saturated carbocycles. The van der Waals surface area contributed by atoms with Crippen LogP contribution in [0.1, 0.15) is 22.6 Å². The lowest BCUT2D eigenvalue weighted by Crippen LogP contribution is -2.27. The van der Waals surface area contributed by atoms with Gasteiger partial charge in [0, 0.05) is 30.5 Å². The fourth-order valence-electron chi connectivity index (χ4n) is 3.31. The summed E-state index contributed by atoms with van der Waals surface area (Å²) in [6, 6.07) is 7.08. The second-order valence-electron chi connectivity index (χ2n) is 6.43. The van der Waals surface area contributed by atoms with E-state index in [2.05, 4.69) is 10.3 Å². The molecule has 3 aromatic rings. The van der Waals surface area contributed by atoms with Gasteiger partial charge in [-0.05, 0) is 6.07 Å². The Bertz CT molecular complexity index is 1100. The van der Waals surface area contributed by atoms with Crippen molar-refractivity contribution < 1.29 is 27.9 Å². The number of halogens is 3. The molecule has 1 heterocycles. The van der Waals surface area contributed by atoms with Crippen LogP contribution in [0.4, 0.5) is 13.2 Å². The second kappa shape index (κ2) is 6.59. The monoisotopic (exact) mass is 387 g/mol. The number of aromatic nitrogens is 3. The summed E-state index contributed by atoms with van der Waals surface area (Å²) in [7, 11) is 0. The maximum Gasteiger partial charge on any atom is 0.307 e. The van der Waals surface area contributed by atoms with Crippen LogP contribution >= 0.6 is 0 Å². The molecule has 0 amide bonds. The molecule has 0 radical (unpaired) electrons. The number of hydrogen-bond donors (Lipinski definition) is 1. The van der Waals surface area contributed by atoms with E-state index in [9.17, 15) is 27.9 Å². The standard InChI is InChI=1S/C19H12F3N3O3/c20-12-4-2-1-3-11(12)17-13(21)7-10(8-14(17)22)25-15-5-9(19(27)28)6-16(26)18(15)23-24-25/h1-4,7-9H,5-6H2,(H,27,28). The van der Waals surface area contributed by atoms with Crippen LogP contribution in [0.3, 0.4) is 0 Å². The number of carbonyl (C=O) groups excluding carboxylic acids is 1. The van der Waals surface area contributed by atoms with Gasteiger partial charge in [-0.3, -0.25) is 9.59 Å². The van der Waals surface area contributed by atoms with Crippen molar-refractivity contribution in [2.75, 3.05) is 0 Å². The molecule has 0 fully saturated rings. The summed E-state index contributed by atoms with van der Waals surface area (Å²) < 4.78 is 44.3. The van der Waals surface area contributed by atoms with Gasteiger partial charge in [-0.15, -0.1) is 5.10 Å². The highest BCUT2D eigenvalue weighted by atomic mass is 19.1. The molecule has 1 aliphatic rings. The lowest BCUT2D eigenvalue weighted by atomic mass is 9.89. The van der Waals surface area contributed by atoms with E-state index in [0.29, 0.717) is 0 Å². The van der Waals surface area contributed by atoms with Crippen molar-refractivity contribution in [3.05, 3.63) is 65.2 Å². The van der Waals surface area contributed by atoms with E-state index < -0.39 is 40.7 Å². The van der Waals surface area contributed by atoms with E-state index in [1.54, 1.807) is 0 Å². The average molecular weight is 387 g/mol. The normalized spacial score (nSPS) is 16.1. The van der Waals surface area contributed by atoms with Crippen LogP contribution in [0.2, 0.25) is 0 Å². The van der Waals surface area contributed by atoms with Crippen molar-refractivity contribution in [3.8, 4) is 16.8 Å². The lowest BCUT2D eigenvalue weighted by Gasteiger charge is -2.18. The summed E-state index contributed by atoms with van der Waals surface area (Å²) in [4.78, 5) is 23.3. The zero-order valence-electron chi connectivity index (χ0n) is 14.2. The molecule has 28 heavy (non-hydrogen) atoms. The number of nitrogens with zero attached hydrogens (tertiary/aromatic N) is 3. The Hall–Kier alpha value is -3.49. The highest BCUT2D eigenvalue weighted by Crippen LogP contribution is 2.32. The second-order valence-corrected chi connectivity index (χ2v) is 6.43. The molecule has 6 nitrogen and oxygen atoms in total. The van der Waals surface area contributed by atoms with E-state index in [1.807, 2.05) is 0 Å². The fourth-order valence-corrected chi connectivity index (χ4v) is 3.31. The Balaban J connectivity index is 1.82. The van der Waals surface area contributed by atoms with Gasteiger partial charge in [-0.25, -0.2) is 17.9 Å². The Morgan fingerprint density at radius 1 is 1.07 bits per heavy atom. The summed E-state index contributed by atoms with van der Waals surface area (Å²) in [6.45, 7) is 0. The molecule has 1 aromatic heterocycles. The third kappa shape index (κ3) is 2.84. The molecule has 1 N–H and O–H groups in total. The number of aliphatic carboxylic acids is 1. The molecule has 1 atom stereocenters. The number of rotatable bonds is 3. The van der Waals surface area contributed by atoms with Gasteiger partial charge in [-0.2, -0.15) is 0 Å². The van der Waals surface area contributed by atoms with Crippen LogP contribution in [0, 0.1) is 23.4 Å². The first-order valence-corrected chi connectivity index (χ1v) is 8.31. The first kappa shape index (κ1) is 17.9. The molecule has 2 aromatic carbocycles. The Labute approximate surface area is 156 Å². The highest BCUT2D eigenvalue weighted by Gasteiger charge is 2.34. The molecule has 1 unspecified atom stereocenters. The number of carboxylic acid groups (broad SMARTS) is 1. The quantitative estimate of drug-likeness (QED) is 0.746. The van der Waals surface area contributed by atoms with Gasteiger partial charge in [0.2, 0.25) is 0 Å². The number of carboxylic acids is 1. The summed E-state index contributed by atoms with van der Waals surface area (Å²) in [5.41, 5.74) is -0.693. The number of benzene rings is 2. The largest absolute Gasteiger partial charge is 0.481 e. The summed E-state index contributed by atoms with van der Waals surface area (Å²) in [5, 5.41) is 16.7. The zero-order valence-corrected chi connectivity index (χ0v) is 14.2. The predicted octanol–water partition coefficient (Wildman–Crippen LogP) is 3.18. The Morgan fingerprint density at radius 3 is 2.39 bits per heavy atom. The third-order valence-electron chi connectivity index (χ3n) is 4.66. The van der Waals surface area contributed by atoms with Crippen molar-refractivity contribution in [1.82, 2.24) is 15.0 Å². The first-order valence-electron chi connectivity index (χ1n) is 8.31. The average Bonchev–Trinajstić information content (AvgIpc) is 3.07. The smallest absolute Gasteiger partial charge is 0.307 e. The van der Waals surface area contributed by atoms with Crippen LogP contribution in [0.5, 0.6) is 0 Å². The number of fused-ring (bicyclic) bond motifs is 1. The maximum absolute atomic E-state index is 14.7. The van der Waals surface area contributed by atoms with Gasteiger partial charge in [0.1, 0.15) is 17.5 Å². The van der Waals surface area contributed by atoms with Crippen molar-refractivity contribution in [1.29, 1.82) is 0 Å². The van der Waals surface area contributed by atoms with E-state index in [4.69, 9.17) is 0 Å². The zero-order chi connectivity index (χ0) is 20.0. The minimum atomic E-state index is -1.15. The molecule has 0 spiro atoms. The maximum atomic E-state index is 14.7. The van der Waals surface area contributed by atoms with E-state index >= 15 is 0 Å². The third-order valence-corrected chi connectivity index (χ3v) is 4.66. The van der Waals surface area contributed by atoms with Gasteiger partial charge in [0.15, 0.2) is 11.5 Å². The topological polar surface area (TPSA) is 85.1 Å². The Morgan fingerprint density at radius 2 is 1.75 bits per heavy atom. The molecule has 142 valence electrons. The molecular weight excluding hydrogens is 375 g/mol. The summed E-state index contributed by atoms with van der Waals surface area (Å²) in [5.74, 6) is -5.45. The van der Waals surface area contributed by atoms with E-state index in [-0.39, 0.29) is 35.5 Å². The number of hydrogen-bond acceptors (Lipinski definition) is 4. The van der Waals surface area contributed by atoms with Crippen molar-refractivity contribution in [2.45, 2.75) is 12.8 Å². The van der Waals surface area contributed by atoms with E-state index in [1.165, 1.54) is 18.2 Å². The summed E-state index contributed by atoms with van der Waals surface area (Å²) >= 11 is 0. The van der Waals surface area contributed by atoms with Gasteiger partial charge in [-0.1, -0.05) is 23.4 Å². The molecule has 4 rings (SSSR count). The number of carbonyl (C=O) groups is 2. The van der Waals surface area contributed by atoms with Crippen LogP contribution in [0.25, 0.3) is 16.8 Å². The van der Waals surface area contributed by atoms with Crippen molar-refractivity contribution in [2.24, 2.45) is 5.92 Å². The highest BCUT2D eigenvalue weighted by molar-refractivity contribution is 5.99. The minimum absolute atomic E-state index is 0.0171. The predicted molar refractivity (Wildman–Crippen MR) is 90.4 cm³/mol. The first-order chi connectivity index (χ1) is 13.4. The van der Waals surface area contributed by atoms with Gasteiger partial charge in [0.25, 0.3) is 0 Å². The van der Waals surface area contributed by atoms with Crippen LogP contribution < -0.4 is 0 Å². The molecule has 0 saturated heterocycles. The van der Waals surface area contributed by atoms with Crippen molar-refractivity contribution in [3.63, 3.8) is 0 Å². The number of ketones is 1.